The molecule has 0 radical (unpaired) electrons. The zero-order valence-electron chi connectivity index (χ0n) is 9.61. The molecule has 0 spiro atoms. The Labute approximate surface area is 98.4 Å². The van der Waals surface area contributed by atoms with Crippen molar-refractivity contribution in [3.8, 4) is 0 Å². The highest BCUT2D eigenvalue weighted by Gasteiger charge is 2.06. The Morgan fingerprint density at radius 2 is 1.71 bits per heavy atom. The van der Waals surface area contributed by atoms with E-state index in [9.17, 15) is 14.4 Å². The van der Waals surface area contributed by atoms with Gasteiger partial charge in [0.2, 0.25) is 11.8 Å². The molecule has 1 heterocycles. The Kier molecular flexibility index (Phi) is 4.33. The van der Waals surface area contributed by atoms with Crippen LogP contribution in [0.3, 0.4) is 0 Å². The van der Waals surface area contributed by atoms with Gasteiger partial charge in [-0.25, -0.2) is 4.98 Å². The summed E-state index contributed by atoms with van der Waals surface area (Å²) in [6, 6.07) is 4.81. The summed E-state index contributed by atoms with van der Waals surface area (Å²) >= 11 is 0. The number of Topliss-reactive ketones (excluding diaryl/α,β-unsaturated/α-hetero) is 1. The van der Waals surface area contributed by atoms with Gasteiger partial charge in [0, 0.05) is 6.92 Å². The van der Waals surface area contributed by atoms with Crippen molar-refractivity contribution in [2.24, 2.45) is 0 Å². The monoisotopic (exact) mass is 235 g/mol. The van der Waals surface area contributed by atoms with Crippen LogP contribution < -0.4 is 10.6 Å². The van der Waals surface area contributed by atoms with E-state index in [-0.39, 0.29) is 18.1 Å². The predicted octanol–water partition coefficient (Wildman–Crippen LogP) is 0.958. The summed E-state index contributed by atoms with van der Waals surface area (Å²) in [5.41, 5.74) is 0. The van der Waals surface area contributed by atoms with Gasteiger partial charge in [-0.15, -0.1) is 0 Å². The molecule has 0 unspecified atom stereocenters. The fourth-order valence-corrected chi connectivity index (χ4v) is 1.17. The molecular weight excluding hydrogens is 222 g/mol. The number of hydrogen-bond donors (Lipinski definition) is 2. The minimum Gasteiger partial charge on any atom is -0.311 e. The number of hydrogen-bond acceptors (Lipinski definition) is 4. The first-order chi connectivity index (χ1) is 7.97. The number of carbonyl (C=O) groups is 3. The molecule has 2 amide bonds. The van der Waals surface area contributed by atoms with Gasteiger partial charge in [0.15, 0.2) is 0 Å². The van der Waals surface area contributed by atoms with E-state index in [1.165, 1.54) is 13.8 Å². The van der Waals surface area contributed by atoms with Crippen molar-refractivity contribution in [3.05, 3.63) is 18.2 Å². The lowest BCUT2D eigenvalue weighted by molar-refractivity contribution is -0.124. The van der Waals surface area contributed by atoms with Gasteiger partial charge in [0.25, 0.3) is 0 Å². The van der Waals surface area contributed by atoms with E-state index in [2.05, 4.69) is 15.6 Å². The smallest absolute Gasteiger partial charge is 0.232 e. The zero-order chi connectivity index (χ0) is 12.8. The number of anilines is 2. The molecular formula is C11H13N3O3. The van der Waals surface area contributed by atoms with Crippen LogP contribution in [0.5, 0.6) is 0 Å². The summed E-state index contributed by atoms with van der Waals surface area (Å²) in [7, 11) is 0. The lowest BCUT2D eigenvalue weighted by atomic mass is 10.3. The lowest BCUT2D eigenvalue weighted by Crippen LogP contribution is -2.16. The minimum absolute atomic E-state index is 0.188. The first-order valence-corrected chi connectivity index (χ1v) is 5.01. The molecule has 1 rings (SSSR count). The van der Waals surface area contributed by atoms with Crippen molar-refractivity contribution < 1.29 is 14.4 Å². The summed E-state index contributed by atoms with van der Waals surface area (Å²) in [5.74, 6) is -0.254. The van der Waals surface area contributed by atoms with Crippen molar-refractivity contribution >= 4 is 29.2 Å². The van der Waals surface area contributed by atoms with E-state index in [1.807, 2.05) is 0 Å². The minimum atomic E-state index is -0.426. The number of nitrogens with zero attached hydrogens (tertiary/aromatic N) is 1. The highest BCUT2D eigenvalue weighted by Crippen LogP contribution is 2.09. The van der Waals surface area contributed by atoms with E-state index < -0.39 is 5.91 Å². The molecule has 0 aliphatic carbocycles. The number of carbonyl (C=O) groups excluding carboxylic acids is 3. The second kappa shape index (κ2) is 5.74. The van der Waals surface area contributed by atoms with Gasteiger partial charge in [0.1, 0.15) is 17.4 Å². The van der Waals surface area contributed by atoms with Gasteiger partial charge in [-0.3, -0.25) is 14.4 Å². The van der Waals surface area contributed by atoms with Gasteiger partial charge < -0.3 is 10.6 Å². The number of amides is 2. The van der Waals surface area contributed by atoms with Crippen LogP contribution in [0.4, 0.5) is 11.6 Å². The molecule has 0 saturated heterocycles. The van der Waals surface area contributed by atoms with Crippen LogP contribution >= 0.6 is 0 Å². The lowest BCUT2D eigenvalue weighted by Gasteiger charge is -2.05. The molecule has 6 nitrogen and oxygen atoms in total. The Hall–Kier alpha value is -2.24. The Bertz CT molecular complexity index is 457. The first-order valence-electron chi connectivity index (χ1n) is 5.01. The average Bonchev–Trinajstić information content (AvgIpc) is 2.14. The molecule has 6 heteroatoms. The van der Waals surface area contributed by atoms with Gasteiger partial charge in [0.05, 0.1) is 6.42 Å². The van der Waals surface area contributed by atoms with Crippen LogP contribution in [0.15, 0.2) is 18.2 Å². The van der Waals surface area contributed by atoms with Crippen LogP contribution in [0, 0.1) is 0 Å². The van der Waals surface area contributed by atoms with E-state index >= 15 is 0 Å². The van der Waals surface area contributed by atoms with Crippen molar-refractivity contribution in [2.75, 3.05) is 10.6 Å². The molecule has 1 aromatic heterocycles. The second-order valence-electron chi connectivity index (χ2n) is 3.52. The van der Waals surface area contributed by atoms with E-state index in [0.29, 0.717) is 11.6 Å². The summed E-state index contributed by atoms with van der Waals surface area (Å²) in [5, 5.41) is 4.96. The Morgan fingerprint density at radius 3 is 2.24 bits per heavy atom. The highest BCUT2D eigenvalue weighted by atomic mass is 16.2. The normalized spacial score (nSPS) is 9.53. The second-order valence-corrected chi connectivity index (χ2v) is 3.52. The van der Waals surface area contributed by atoms with Crippen molar-refractivity contribution in [1.29, 1.82) is 0 Å². The van der Waals surface area contributed by atoms with Crippen molar-refractivity contribution in [3.63, 3.8) is 0 Å². The van der Waals surface area contributed by atoms with Gasteiger partial charge in [-0.05, 0) is 19.1 Å². The Balaban J connectivity index is 2.68. The molecule has 2 N–H and O–H groups in total. The third-order valence-corrected chi connectivity index (χ3v) is 1.73. The topological polar surface area (TPSA) is 88.2 Å². The van der Waals surface area contributed by atoms with Crippen LogP contribution in [-0.2, 0) is 14.4 Å². The fourth-order valence-electron chi connectivity index (χ4n) is 1.17. The number of pyridine rings is 1. The first kappa shape index (κ1) is 12.8. The summed E-state index contributed by atoms with van der Waals surface area (Å²) in [6.45, 7) is 2.70. The molecule has 17 heavy (non-hydrogen) atoms. The molecule has 1 aromatic rings. The highest BCUT2D eigenvalue weighted by molar-refractivity contribution is 6.03. The molecule has 0 bridgehead atoms. The molecule has 0 saturated carbocycles. The molecule has 0 aliphatic rings. The van der Waals surface area contributed by atoms with E-state index in [4.69, 9.17) is 0 Å². The van der Waals surface area contributed by atoms with Crippen LogP contribution in [0.25, 0.3) is 0 Å². The van der Waals surface area contributed by atoms with Crippen LogP contribution in [-0.4, -0.2) is 22.6 Å². The van der Waals surface area contributed by atoms with Crippen LogP contribution in [0.1, 0.15) is 20.3 Å². The predicted molar refractivity (Wildman–Crippen MR) is 62.5 cm³/mol. The molecule has 90 valence electrons. The third kappa shape index (κ3) is 4.87. The third-order valence-electron chi connectivity index (χ3n) is 1.73. The maximum absolute atomic E-state index is 11.3. The van der Waals surface area contributed by atoms with Crippen molar-refractivity contribution in [2.45, 2.75) is 20.3 Å². The quantitative estimate of drug-likeness (QED) is 0.761. The molecule has 0 aliphatic heterocycles. The average molecular weight is 235 g/mol. The Morgan fingerprint density at radius 1 is 1.12 bits per heavy atom. The zero-order valence-corrected chi connectivity index (χ0v) is 9.61. The molecule has 0 fully saturated rings. The fraction of sp³-hybridized carbons (Fsp3) is 0.273. The number of rotatable bonds is 4. The van der Waals surface area contributed by atoms with Gasteiger partial charge >= 0.3 is 0 Å². The summed E-state index contributed by atoms with van der Waals surface area (Å²) in [6.07, 6.45) is -0.188. The van der Waals surface area contributed by atoms with Gasteiger partial charge in [-0.1, -0.05) is 6.07 Å². The summed E-state index contributed by atoms with van der Waals surface area (Å²) in [4.78, 5) is 36.8. The molecule has 0 atom stereocenters. The number of aromatic nitrogens is 1. The van der Waals surface area contributed by atoms with Gasteiger partial charge in [-0.2, -0.15) is 0 Å². The van der Waals surface area contributed by atoms with Crippen LogP contribution in [0.2, 0.25) is 0 Å². The standard InChI is InChI=1S/C11H13N3O3/c1-7(15)6-11(17)14-10-5-3-4-9(13-10)12-8(2)16/h3-5H,6H2,1-2H3,(H2,12,13,14,16,17). The number of nitrogens with one attached hydrogen (secondary N) is 2. The number of ketones is 1. The largest absolute Gasteiger partial charge is 0.311 e. The maximum Gasteiger partial charge on any atom is 0.232 e. The maximum atomic E-state index is 11.3. The van der Waals surface area contributed by atoms with Crippen molar-refractivity contribution in [1.82, 2.24) is 4.98 Å². The molecule has 0 aromatic carbocycles. The summed E-state index contributed by atoms with van der Waals surface area (Å²) < 4.78 is 0. The van der Waals surface area contributed by atoms with E-state index in [0.717, 1.165) is 0 Å². The van der Waals surface area contributed by atoms with E-state index in [1.54, 1.807) is 18.2 Å². The SMILES string of the molecule is CC(=O)CC(=O)Nc1cccc(NC(C)=O)n1.